The Balaban J connectivity index is 1.19. The lowest BCUT2D eigenvalue weighted by atomic mass is 9.74. The molecule has 0 spiro atoms. The van der Waals surface area contributed by atoms with Gasteiger partial charge in [0, 0.05) is 81.2 Å². The summed E-state index contributed by atoms with van der Waals surface area (Å²) in [5.74, 6) is 3.69. The Morgan fingerprint density at radius 2 is 1.50 bits per heavy atom. The summed E-state index contributed by atoms with van der Waals surface area (Å²) in [6.07, 6.45) is 3.08. The van der Waals surface area contributed by atoms with Gasteiger partial charge >= 0.3 is 0 Å². The number of halogens is 1. The van der Waals surface area contributed by atoms with E-state index in [2.05, 4.69) is 87.7 Å². The van der Waals surface area contributed by atoms with Gasteiger partial charge in [-0.1, -0.05) is 55.8 Å². The van der Waals surface area contributed by atoms with Gasteiger partial charge in [0.1, 0.15) is 11.6 Å². The van der Waals surface area contributed by atoms with Crippen LogP contribution in [0, 0.1) is 11.8 Å². The Hall–Kier alpha value is -3.14. The molecule has 10 heteroatoms. The van der Waals surface area contributed by atoms with E-state index in [0.717, 1.165) is 82.0 Å². The molecular weight excluding hydrogens is 590 g/mol. The predicted octanol–water partition coefficient (Wildman–Crippen LogP) is 5.97. The molecule has 0 bridgehead atoms. The smallest absolute Gasteiger partial charge is 0.232 e. The normalized spacial score (nSPS) is 22.0. The molecule has 0 radical (unpaired) electrons. The van der Waals surface area contributed by atoms with E-state index in [1.54, 1.807) is 0 Å². The maximum Gasteiger partial charge on any atom is 0.232 e. The van der Waals surface area contributed by atoms with Crippen LogP contribution in [0.15, 0.2) is 60.7 Å². The molecule has 2 unspecified atom stereocenters. The highest BCUT2D eigenvalue weighted by Gasteiger charge is 2.35. The fourth-order valence-corrected chi connectivity index (χ4v) is 7.30. The van der Waals surface area contributed by atoms with Gasteiger partial charge in [0.05, 0.1) is 0 Å². The van der Waals surface area contributed by atoms with Crippen LogP contribution in [-0.2, 0) is 10.2 Å². The number of nitrogens with zero attached hydrogens (tertiary/aromatic N) is 5. The van der Waals surface area contributed by atoms with E-state index in [4.69, 9.17) is 38.5 Å². The van der Waals surface area contributed by atoms with Gasteiger partial charge in [0.2, 0.25) is 5.95 Å². The maximum atomic E-state index is 6.21. The molecule has 1 aromatic heterocycles. The zero-order valence-corrected chi connectivity index (χ0v) is 27.4. The highest BCUT2D eigenvalue weighted by atomic mass is 35.5. The van der Waals surface area contributed by atoms with Crippen LogP contribution >= 0.6 is 23.8 Å². The molecule has 3 fully saturated rings. The Kier molecular flexibility index (Phi) is 9.74. The first kappa shape index (κ1) is 30.9. The molecule has 234 valence electrons. The summed E-state index contributed by atoms with van der Waals surface area (Å²) in [4.78, 5) is 17.2. The van der Waals surface area contributed by atoms with E-state index in [0.29, 0.717) is 29.4 Å². The summed E-state index contributed by atoms with van der Waals surface area (Å²) < 4.78 is 5.73. The summed E-state index contributed by atoms with van der Waals surface area (Å²) in [5, 5.41) is 8.14. The van der Waals surface area contributed by atoms with Gasteiger partial charge in [-0.25, -0.2) is 0 Å². The molecule has 3 aliphatic heterocycles. The fraction of sp³-hybridized carbons (Fsp3) is 0.500. The van der Waals surface area contributed by atoms with Crippen LogP contribution in [0.3, 0.4) is 0 Å². The molecule has 0 amide bonds. The van der Waals surface area contributed by atoms with Crippen molar-refractivity contribution in [1.29, 1.82) is 0 Å². The van der Waals surface area contributed by atoms with Crippen molar-refractivity contribution in [2.45, 2.75) is 38.5 Å². The van der Waals surface area contributed by atoms with E-state index < -0.39 is 0 Å². The lowest BCUT2D eigenvalue weighted by Crippen LogP contribution is -2.47. The van der Waals surface area contributed by atoms with Crippen molar-refractivity contribution in [1.82, 2.24) is 15.3 Å². The number of benzene rings is 2. The number of piperidine rings is 1. The highest BCUT2D eigenvalue weighted by Crippen LogP contribution is 2.35. The van der Waals surface area contributed by atoms with Crippen molar-refractivity contribution in [3.63, 3.8) is 0 Å². The monoisotopic (exact) mass is 633 g/mol. The van der Waals surface area contributed by atoms with Gasteiger partial charge in [0.15, 0.2) is 5.11 Å². The molecule has 0 aliphatic carbocycles. The van der Waals surface area contributed by atoms with E-state index in [9.17, 15) is 0 Å². The Morgan fingerprint density at radius 3 is 2.16 bits per heavy atom. The molecule has 2 N–H and O–H groups in total. The molecule has 3 aliphatic rings. The van der Waals surface area contributed by atoms with Crippen LogP contribution in [0.25, 0.3) is 0 Å². The number of piperazine rings is 1. The van der Waals surface area contributed by atoms with Crippen molar-refractivity contribution in [2.24, 2.45) is 11.8 Å². The molecule has 4 heterocycles. The SMILES string of the molecule is CC1CC(C)CN(c2cc(N3CCN(c4ccccc4)CC3)nc(NC(=S)NCC3(c4ccc(Cl)cc4)CCOCC3)n2)C1. The third kappa shape index (κ3) is 7.38. The molecule has 2 aromatic carbocycles. The largest absolute Gasteiger partial charge is 0.381 e. The summed E-state index contributed by atoms with van der Waals surface area (Å²) >= 11 is 12.1. The van der Waals surface area contributed by atoms with E-state index in [1.807, 2.05) is 12.1 Å². The third-order valence-corrected chi connectivity index (χ3v) is 9.83. The number of hydrogen-bond donors (Lipinski definition) is 2. The number of hydrogen-bond acceptors (Lipinski definition) is 7. The highest BCUT2D eigenvalue weighted by molar-refractivity contribution is 7.80. The van der Waals surface area contributed by atoms with Crippen LogP contribution < -0.4 is 25.3 Å². The van der Waals surface area contributed by atoms with Gasteiger partial charge in [0.25, 0.3) is 0 Å². The van der Waals surface area contributed by atoms with Gasteiger partial charge in [-0.2, -0.15) is 9.97 Å². The Morgan fingerprint density at radius 1 is 0.886 bits per heavy atom. The molecule has 2 atom stereocenters. The average molecular weight is 634 g/mol. The fourth-order valence-electron chi connectivity index (χ4n) is 7.01. The van der Waals surface area contributed by atoms with Gasteiger partial charge in [-0.15, -0.1) is 0 Å². The standard InChI is InChI=1S/C34H44ClN7OS/c1-25-20-26(2)23-42(22-25)31-21-30(41-16-14-40(15-17-41)29-6-4-3-5-7-29)37-32(38-31)39-33(44)36-24-34(12-18-43-19-13-34)27-8-10-28(35)11-9-27/h3-11,21,25-26H,12-20,22-24H2,1-2H3,(H2,36,37,38,39,44). The minimum absolute atomic E-state index is 0.0824. The van der Waals surface area contributed by atoms with E-state index >= 15 is 0 Å². The quantitative estimate of drug-likeness (QED) is 0.306. The lowest BCUT2D eigenvalue weighted by Gasteiger charge is -2.39. The van der Waals surface area contributed by atoms with Crippen molar-refractivity contribution in [3.8, 4) is 0 Å². The Bertz CT molecular complexity index is 1380. The third-order valence-electron chi connectivity index (χ3n) is 9.34. The molecule has 44 heavy (non-hydrogen) atoms. The summed E-state index contributed by atoms with van der Waals surface area (Å²) in [5.41, 5.74) is 2.44. The zero-order chi connectivity index (χ0) is 30.5. The molecule has 0 saturated carbocycles. The number of nitrogens with one attached hydrogen (secondary N) is 2. The van der Waals surface area contributed by atoms with Crippen LogP contribution in [0.2, 0.25) is 5.02 Å². The van der Waals surface area contributed by atoms with Crippen LogP contribution in [-0.4, -0.2) is 74.1 Å². The topological polar surface area (TPSA) is 68.8 Å². The van der Waals surface area contributed by atoms with Crippen LogP contribution in [0.4, 0.5) is 23.3 Å². The minimum Gasteiger partial charge on any atom is -0.381 e. The minimum atomic E-state index is -0.0824. The molecule has 6 rings (SSSR count). The van der Waals surface area contributed by atoms with Gasteiger partial charge < -0.3 is 30.1 Å². The van der Waals surface area contributed by atoms with Crippen molar-refractivity contribution in [3.05, 3.63) is 71.2 Å². The number of aromatic nitrogens is 2. The number of thiocarbonyl (C=S) groups is 1. The predicted molar refractivity (Wildman–Crippen MR) is 185 cm³/mol. The van der Waals surface area contributed by atoms with Crippen LogP contribution in [0.1, 0.15) is 38.7 Å². The lowest BCUT2D eigenvalue weighted by molar-refractivity contribution is 0.0515. The van der Waals surface area contributed by atoms with E-state index in [-0.39, 0.29) is 5.41 Å². The molecular formula is C34H44ClN7OS. The Labute approximate surface area is 272 Å². The number of ether oxygens (including phenoxy) is 1. The second-order valence-corrected chi connectivity index (χ2v) is 13.6. The van der Waals surface area contributed by atoms with Crippen molar-refractivity contribution in [2.75, 3.05) is 79.0 Å². The first-order valence-electron chi connectivity index (χ1n) is 15.9. The molecule has 8 nitrogen and oxygen atoms in total. The molecule has 3 saturated heterocycles. The summed E-state index contributed by atoms with van der Waals surface area (Å²) in [6, 6.07) is 21.0. The number of para-hydroxylation sites is 1. The van der Waals surface area contributed by atoms with Crippen molar-refractivity contribution < 1.29 is 4.74 Å². The average Bonchev–Trinajstić information content (AvgIpc) is 3.04. The number of anilines is 4. The van der Waals surface area contributed by atoms with E-state index in [1.165, 1.54) is 17.7 Å². The first-order valence-corrected chi connectivity index (χ1v) is 16.7. The van der Waals surface area contributed by atoms with Gasteiger partial charge in [-0.3, -0.25) is 0 Å². The number of rotatable bonds is 7. The second kappa shape index (κ2) is 13.9. The second-order valence-electron chi connectivity index (χ2n) is 12.8. The summed E-state index contributed by atoms with van der Waals surface area (Å²) in [6.45, 7) is 12.5. The van der Waals surface area contributed by atoms with Crippen LogP contribution in [0.5, 0.6) is 0 Å². The maximum absolute atomic E-state index is 6.21. The zero-order valence-electron chi connectivity index (χ0n) is 25.8. The van der Waals surface area contributed by atoms with Gasteiger partial charge in [-0.05, 0) is 73.1 Å². The molecule has 3 aromatic rings. The first-order chi connectivity index (χ1) is 21.4. The summed E-state index contributed by atoms with van der Waals surface area (Å²) in [7, 11) is 0. The van der Waals surface area contributed by atoms with Crippen molar-refractivity contribution >= 4 is 52.2 Å².